The van der Waals surface area contributed by atoms with Crippen molar-refractivity contribution < 1.29 is 19.0 Å². The van der Waals surface area contributed by atoms with Crippen LogP contribution in [0.3, 0.4) is 0 Å². The first-order chi connectivity index (χ1) is 16.5. The fourth-order valence-electron chi connectivity index (χ4n) is 3.59. The highest BCUT2D eigenvalue weighted by Crippen LogP contribution is 2.35. The van der Waals surface area contributed by atoms with Gasteiger partial charge in [0.2, 0.25) is 0 Å². The zero-order chi connectivity index (χ0) is 24.1. The number of benzene rings is 3. The summed E-state index contributed by atoms with van der Waals surface area (Å²) in [6.45, 7) is 1.56. The first-order valence-electron chi connectivity index (χ1n) is 10.6. The average molecular weight is 476 g/mol. The quantitative estimate of drug-likeness (QED) is 0.235. The lowest BCUT2D eigenvalue weighted by molar-refractivity contribution is 0.101. The molecule has 0 saturated heterocycles. The predicted molar refractivity (Wildman–Crippen MR) is 132 cm³/mol. The van der Waals surface area contributed by atoms with Crippen LogP contribution < -0.4 is 14.2 Å². The van der Waals surface area contributed by atoms with Crippen molar-refractivity contribution in [1.29, 1.82) is 0 Å². The third-order valence-electron chi connectivity index (χ3n) is 5.33. The summed E-state index contributed by atoms with van der Waals surface area (Å²) in [5.74, 6) is 3.23. The van der Waals surface area contributed by atoms with Crippen molar-refractivity contribution in [2.75, 3.05) is 21.3 Å². The maximum absolute atomic E-state index is 11.9. The Bertz CT molecular complexity index is 1300. The van der Waals surface area contributed by atoms with Crippen LogP contribution in [0.5, 0.6) is 17.2 Å². The van der Waals surface area contributed by atoms with E-state index in [1.54, 1.807) is 34.3 Å². The largest absolute Gasteiger partial charge is 0.496 e. The van der Waals surface area contributed by atoms with E-state index in [1.165, 1.54) is 11.8 Å². The van der Waals surface area contributed by atoms with Crippen LogP contribution in [-0.4, -0.2) is 41.9 Å². The SMILES string of the molecule is COc1ccc(C(C)=O)cc1CSc1nnc(-c2ccc(OC)c(OC)c2)n1-c1ccccc1. The lowest BCUT2D eigenvalue weighted by Crippen LogP contribution is -2.01. The van der Waals surface area contributed by atoms with E-state index in [0.29, 0.717) is 33.8 Å². The summed E-state index contributed by atoms with van der Waals surface area (Å²) in [6.07, 6.45) is 0. The number of ether oxygens (including phenoxy) is 3. The third-order valence-corrected chi connectivity index (χ3v) is 6.31. The number of thioether (sulfide) groups is 1. The molecule has 0 radical (unpaired) electrons. The highest BCUT2D eigenvalue weighted by atomic mass is 32.2. The summed E-state index contributed by atoms with van der Waals surface area (Å²) in [7, 11) is 4.83. The topological polar surface area (TPSA) is 75.5 Å². The second-order valence-corrected chi connectivity index (χ2v) is 8.36. The molecule has 1 heterocycles. The number of para-hydroxylation sites is 1. The van der Waals surface area contributed by atoms with Crippen molar-refractivity contribution >= 4 is 17.5 Å². The second-order valence-electron chi connectivity index (χ2n) is 7.42. The molecule has 0 bridgehead atoms. The minimum Gasteiger partial charge on any atom is -0.496 e. The molecule has 3 aromatic carbocycles. The summed E-state index contributed by atoms with van der Waals surface area (Å²) >= 11 is 1.52. The Morgan fingerprint density at radius 3 is 2.24 bits per heavy atom. The number of hydrogen-bond acceptors (Lipinski definition) is 7. The van der Waals surface area contributed by atoms with E-state index < -0.39 is 0 Å². The standard InChI is InChI=1S/C26H25N3O4S/c1-17(30)18-10-12-22(31-2)20(14-18)16-34-26-28-27-25(29(26)21-8-6-5-7-9-21)19-11-13-23(32-3)24(15-19)33-4/h5-15H,16H2,1-4H3. The van der Waals surface area contributed by atoms with Crippen LogP contribution in [0.25, 0.3) is 17.1 Å². The maximum atomic E-state index is 11.9. The lowest BCUT2D eigenvalue weighted by Gasteiger charge is -2.13. The van der Waals surface area contributed by atoms with E-state index in [4.69, 9.17) is 14.2 Å². The Kier molecular flexibility index (Phi) is 7.18. The molecule has 0 aliphatic carbocycles. The summed E-state index contributed by atoms with van der Waals surface area (Å²) in [6, 6.07) is 21.1. The zero-order valence-electron chi connectivity index (χ0n) is 19.4. The number of rotatable bonds is 9. The molecular formula is C26H25N3O4S. The van der Waals surface area contributed by atoms with Gasteiger partial charge in [0.15, 0.2) is 28.3 Å². The summed E-state index contributed by atoms with van der Waals surface area (Å²) in [4.78, 5) is 11.9. The number of methoxy groups -OCH3 is 3. The predicted octanol–water partition coefficient (Wildman–Crippen LogP) is 5.46. The lowest BCUT2D eigenvalue weighted by atomic mass is 10.1. The van der Waals surface area contributed by atoms with Gasteiger partial charge in [-0.3, -0.25) is 9.36 Å². The van der Waals surface area contributed by atoms with Crippen molar-refractivity contribution in [3.05, 3.63) is 77.9 Å². The fourth-order valence-corrected chi connectivity index (χ4v) is 4.52. The van der Waals surface area contributed by atoms with E-state index >= 15 is 0 Å². The molecule has 4 aromatic rings. The number of carbonyl (C=O) groups excluding carboxylic acids is 1. The normalized spacial score (nSPS) is 10.7. The molecule has 0 fully saturated rings. The molecule has 7 nitrogen and oxygen atoms in total. The molecule has 34 heavy (non-hydrogen) atoms. The maximum Gasteiger partial charge on any atom is 0.196 e. The van der Waals surface area contributed by atoms with Crippen molar-refractivity contribution in [1.82, 2.24) is 14.8 Å². The Morgan fingerprint density at radius 1 is 0.853 bits per heavy atom. The van der Waals surface area contributed by atoms with Crippen LogP contribution in [-0.2, 0) is 5.75 Å². The first-order valence-corrected chi connectivity index (χ1v) is 11.6. The van der Waals surface area contributed by atoms with Gasteiger partial charge in [0.25, 0.3) is 0 Å². The second kappa shape index (κ2) is 10.4. The van der Waals surface area contributed by atoms with Crippen LogP contribution in [0.2, 0.25) is 0 Å². The van der Waals surface area contributed by atoms with Crippen LogP contribution in [0.1, 0.15) is 22.8 Å². The van der Waals surface area contributed by atoms with E-state index in [-0.39, 0.29) is 5.78 Å². The third kappa shape index (κ3) is 4.77. The minimum atomic E-state index is 0.0112. The molecule has 0 aliphatic heterocycles. The molecule has 4 rings (SSSR count). The van der Waals surface area contributed by atoms with Gasteiger partial charge in [-0.25, -0.2) is 0 Å². The molecule has 0 spiro atoms. The van der Waals surface area contributed by atoms with Gasteiger partial charge in [-0.05, 0) is 55.5 Å². The number of Topliss-reactive ketones (excluding diaryl/α,β-unsaturated/α-hetero) is 1. The van der Waals surface area contributed by atoms with Crippen LogP contribution in [0.4, 0.5) is 0 Å². The first kappa shape index (κ1) is 23.4. The van der Waals surface area contributed by atoms with Gasteiger partial charge in [0.05, 0.1) is 21.3 Å². The van der Waals surface area contributed by atoms with Crippen LogP contribution >= 0.6 is 11.8 Å². The summed E-state index contributed by atoms with van der Waals surface area (Å²) in [5, 5.41) is 9.71. The summed E-state index contributed by atoms with van der Waals surface area (Å²) in [5.41, 5.74) is 3.34. The van der Waals surface area contributed by atoms with Crippen molar-refractivity contribution in [3.8, 4) is 34.3 Å². The van der Waals surface area contributed by atoms with Crippen molar-refractivity contribution in [3.63, 3.8) is 0 Å². The van der Waals surface area contributed by atoms with Gasteiger partial charge < -0.3 is 14.2 Å². The molecule has 0 N–H and O–H groups in total. The monoisotopic (exact) mass is 475 g/mol. The Balaban J connectivity index is 1.75. The molecule has 0 unspecified atom stereocenters. The molecule has 0 amide bonds. The van der Waals surface area contributed by atoms with Gasteiger partial charge >= 0.3 is 0 Å². The van der Waals surface area contributed by atoms with E-state index in [9.17, 15) is 4.79 Å². The Hall–Kier alpha value is -3.78. The number of hydrogen-bond donors (Lipinski definition) is 0. The van der Waals surface area contributed by atoms with Gasteiger partial charge in [-0.15, -0.1) is 10.2 Å². The van der Waals surface area contributed by atoms with E-state index in [1.807, 2.05) is 65.2 Å². The average Bonchev–Trinajstić information content (AvgIpc) is 3.31. The zero-order valence-corrected chi connectivity index (χ0v) is 20.3. The molecule has 0 aliphatic rings. The van der Waals surface area contributed by atoms with Crippen molar-refractivity contribution in [2.45, 2.75) is 17.8 Å². The minimum absolute atomic E-state index is 0.0112. The fraction of sp³-hybridized carbons (Fsp3) is 0.192. The highest BCUT2D eigenvalue weighted by molar-refractivity contribution is 7.98. The highest BCUT2D eigenvalue weighted by Gasteiger charge is 2.19. The molecule has 0 atom stereocenters. The van der Waals surface area contributed by atoms with E-state index in [0.717, 1.165) is 22.6 Å². The Labute approximate surface area is 202 Å². The molecule has 1 aromatic heterocycles. The smallest absolute Gasteiger partial charge is 0.196 e. The van der Waals surface area contributed by atoms with Gasteiger partial charge in [0.1, 0.15) is 5.75 Å². The number of ketones is 1. The number of carbonyl (C=O) groups is 1. The molecular weight excluding hydrogens is 450 g/mol. The van der Waals surface area contributed by atoms with Crippen molar-refractivity contribution in [2.24, 2.45) is 0 Å². The number of aromatic nitrogens is 3. The Morgan fingerprint density at radius 2 is 1.56 bits per heavy atom. The van der Waals surface area contributed by atoms with E-state index in [2.05, 4.69) is 10.2 Å². The molecule has 174 valence electrons. The van der Waals surface area contributed by atoms with Gasteiger partial charge in [-0.2, -0.15) is 0 Å². The number of nitrogens with zero attached hydrogens (tertiary/aromatic N) is 3. The summed E-state index contributed by atoms with van der Waals surface area (Å²) < 4.78 is 18.4. The van der Waals surface area contributed by atoms with Crippen LogP contribution in [0.15, 0.2) is 71.9 Å². The van der Waals surface area contributed by atoms with Gasteiger partial charge in [-0.1, -0.05) is 30.0 Å². The molecule has 0 saturated carbocycles. The van der Waals surface area contributed by atoms with Gasteiger partial charge in [0, 0.05) is 28.1 Å². The molecule has 8 heteroatoms. The van der Waals surface area contributed by atoms with Crippen LogP contribution in [0, 0.1) is 0 Å².